The van der Waals surface area contributed by atoms with Crippen LogP contribution in [0.3, 0.4) is 0 Å². The molecule has 3 aliphatic heterocycles. The molecule has 1 saturated carbocycles. The SMILES string of the molecule is CC1COCC(B(O)O)C1.CC1CSCC(B(O)O)C1.CC1NCCCC1B(O)O.CCCCCCC(C1CCCCC1)P(=O)(O)O.CCCCCCC(CCCCC)P(=O)(O)O.CCCc1ccc(B(O)O)o1.CCCc1ccc(B(O)O)s1.Cc1ccnc(B(O)O)c1. The summed E-state index contributed by atoms with van der Waals surface area (Å²) in [4.78, 5) is 42.4. The molecule has 3 saturated heterocycles. The van der Waals surface area contributed by atoms with E-state index in [-0.39, 0.29) is 40.7 Å². The first-order chi connectivity index (χ1) is 44.9. The van der Waals surface area contributed by atoms with Crippen LogP contribution in [0.15, 0.2) is 47.0 Å². The number of thiophene rings is 1. The number of rotatable bonds is 27. The molecule has 4 aliphatic rings. The van der Waals surface area contributed by atoms with Gasteiger partial charge in [-0.3, -0.25) is 14.1 Å². The molecule has 32 heteroatoms. The largest absolute Gasteiger partial charge is 0.526 e. The van der Waals surface area contributed by atoms with Crippen LogP contribution in [0.4, 0.5) is 0 Å². The second-order valence-corrected chi connectivity index (χ2v) is 32.1. The van der Waals surface area contributed by atoms with E-state index >= 15 is 0 Å². The molecule has 3 aromatic rings. The smallest absolute Gasteiger partial charge is 0.470 e. The molecular weight excluding hydrogens is 1300 g/mol. The Balaban J connectivity index is 0.00000107. The number of nitrogens with one attached hydrogen (secondary N) is 1. The zero-order valence-electron chi connectivity index (χ0n) is 58.8. The lowest BCUT2D eigenvalue weighted by Gasteiger charge is -2.30. The molecule has 1 aliphatic carbocycles. The van der Waals surface area contributed by atoms with Gasteiger partial charge in [-0.05, 0) is 156 Å². The maximum absolute atomic E-state index is 11.6. The van der Waals surface area contributed by atoms with Crippen LogP contribution in [0.2, 0.25) is 17.5 Å². The number of aryl methyl sites for hydroxylation is 3. The van der Waals surface area contributed by atoms with Crippen molar-refractivity contribution in [1.29, 1.82) is 0 Å². The fourth-order valence-electron chi connectivity index (χ4n) is 11.5. The molecule has 0 spiro atoms. The third-order valence-corrected chi connectivity index (χ3v) is 22.6. The van der Waals surface area contributed by atoms with Gasteiger partial charge in [-0.1, -0.05) is 151 Å². The van der Waals surface area contributed by atoms with Crippen molar-refractivity contribution in [2.75, 3.05) is 31.3 Å². The topological polar surface area (TPSA) is 405 Å². The average Bonchev–Trinajstić information content (AvgIpc) is 1.82. The average molecular weight is 1420 g/mol. The predicted molar refractivity (Wildman–Crippen MR) is 394 cm³/mol. The van der Waals surface area contributed by atoms with Gasteiger partial charge in [0.1, 0.15) is 11.4 Å². The van der Waals surface area contributed by atoms with Crippen LogP contribution in [0, 0.1) is 24.7 Å². The maximum Gasteiger partial charge on any atom is 0.526 e. The number of hydrogen-bond acceptors (Lipinski definition) is 20. The van der Waals surface area contributed by atoms with Crippen LogP contribution in [-0.4, -0.2) is 176 Å². The van der Waals surface area contributed by atoms with Gasteiger partial charge in [0.2, 0.25) is 0 Å². The molecule has 0 radical (unpaired) electrons. The predicted octanol–water partition coefficient (Wildman–Crippen LogP) is 7.62. The Morgan fingerprint density at radius 3 is 1.59 bits per heavy atom. The highest BCUT2D eigenvalue weighted by Crippen LogP contribution is 2.51. The van der Waals surface area contributed by atoms with E-state index in [1.165, 1.54) is 47.7 Å². The van der Waals surface area contributed by atoms with Crippen molar-refractivity contribution < 1.29 is 98.1 Å². The van der Waals surface area contributed by atoms with Gasteiger partial charge >= 0.3 is 57.9 Å². The quantitative estimate of drug-likeness (QED) is 0.0198. The van der Waals surface area contributed by atoms with Crippen LogP contribution < -0.4 is 21.3 Å². The van der Waals surface area contributed by atoms with Crippen molar-refractivity contribution in [1.82, 2.24) is 10.3 Å². The highest BCUT2D eigenvalue weighted by Gasteiger charge is 2.36. The zero-order chi connectivity index (χ0) is 71.9. The van der Waals surface area contributed by atoms with Crippen molar-refractivity contribution in [3.63, 3.8) is 0 Å². The maximum atomic E-state index is 11.6. The van der Waals surface area contributed by atoms with Crippen molar-refractivity contribution in [3.05, 3.63) is 58.8 Å². The minimum atomic E-state index is -3.89. The number of pyridine rings is 1. The molecule has 17 N–H and O–H groups in total. The van der Waals surface area contributed by atoms with E-state index < -0.39 is 63.6 Å². The Bertz CT molecular complexity index is 2320. The molecule has 4 fully saturated rings. The molecule has 0 bridgehead atoms. The summed E-state index contributed by atoms with van der Waals surface area (Å²) in [7, 11) is -15.5. The van der Waals surface area contributed by atoms with E-state index in [1.807, 2.05) is 38.6 Å². The highest BCUT2D eigenvalue weighted by molar-refractivity contribution is 7.99. The van der Waals surface area contributed by atoms with Crippen molar-refractivity contribution in [3.8, 4) is 0 Å². The van der Waals surface area contributed by atoms with Crippen LogP contribution in [0.25, 0.3) is 0 Å². The van der Waals surface area contributed by atoms with Crippen LogP contribution in [0.1, 0.15) is 232 Å². The Morgan fingerprint density at radius 1 is 0.589 bits per heavy atom. The number of hydrogen-bond donors (Lipinski definition) is 17. The van der Waals surface area contributed by atoms with Gasteiger partial charge < -0.3 is 94.3 Å². The summed E-state index contributed by atoms with van der Waals surface area (Å²) in [6, 6.07) is 10.7. The van der Waals surface area contributed by atoms with E-state index in [1.54, 1.807) is 36.5 Å². The molecule has 546 valence electrons. The normalized spacial score (nSPS) is 20.1. The molecule has 6 heterocycles. The minimum absolute atomic E-state index is 0.0220. The number of furan rings is 1. The van der Waals surface area contributed by atoms with E-state index in [2.05, 4.69) is 51.8 Å². The van der Waals surface area contributed by atoms with Gasteiger partial charge in [0, 0.05) is 59.0 Å². The lowest BCUT2D eigenvalue weighted by atomic mass is 9.65. The molecule has 8 unspecified atom stereocenters. The van der Waals surface area contributed by atoms with Gasteiger partial charge in [-0.25, -0.2) is 0 Å². The summed E-state index contributed by atoms with van der Waals surface area (Å²) in [6.07, 6.45) is 28.9. The Hall–Kier alpha value is -1.39. The molecule has 22 nitrogen and oxygen atoms in total. The first-order valence-electron chi connectivity index (χ1n) is 35.1. The molecule has 0 amide bonds. The number of unbranched alkanes of at least 4 members (excludes halogenated alkanes) is 8. The van der Waals surface area contributed by atoms with Crippen molar-refractivity contribution >= 4 is 97.0 Å². The lowest BCUT2D eigenvalue weighted by molar-refractivity contribution is 0.0538. The van der Waals surface area contributed by atoms with E-state index in [0.717, 1.165) is 165 Å². The first kappa shape index (κ1) is 93.6. The van der Waals surface area contributed by atoms with Gasteiger partial charge in [0.05, 0.1) is 16.9 Å². The fourth-order valence-corrected chi connectivity index (χ4v) is 16.1. The summed E-state index contributed by atoms with van der Waals surface area (Å²) in [5.74, 6) is 4.30. The van der Waals surface area contributed by atoms with Crippen LogP contribution >= 0.6 is 38.3 Å². The Kier molecular flexibility index (Phi) is 54.4. The zero-order valence-corrected chi connectivity index (χ0v) is 62.2. The lowest BCUT2D eigenvalue weighted by Crippen LogP contribution is -2.42. The molecule has 8 atom stereocenters. The van der Waals surface area contributed by atoms with Crippen LogP contribution in [-0.2, 0) is 26.7 Å². The summed E-state index contributed by atoms with van der Waals surface area (Å²) >= 11 is 3.28. The summed E-state index contributed by atoms with van der Waals surface area (Å²) < 4.78 is 33.7. The number of ether oxygens (including phenoxy) is 1. The van der Waals surface area contributed by atoms with E-state index in [9.17, 15) is 28.7 Å². The van der Waals surface area contributed by atoms with Gasteiger partial charge in [-0.15, -0.1) is 11.3 Å². The highest BCUT2D eigenvalue weighted by atomic mass is 32.2. The summed E-state index contributed by atoms with van der Waals surface area (Å²) in [5.41, 5.74) is 0.724. The van der Waals surface area contributed by atoms with Crippen molar-refractivity contribution in [2.45, 2.75) is 270 Å². The number of aromatic nitrogens is 1. The van der Waals surface area contributed by atoms with E-state index in [0.29, 0.717) is 41.7 Å². The molecule has 7 rings (SSSR count). The van der Waals surface area contributed by atoms with Crippen LogP contribution in [0.5, 0.6) is 0 Å². The van der Waals surface area contributed by atoms with Gasteiger partial charge in [0.25, 0.3) is 0 Å². The Labute approximate surface area is 580 Å². The third-order valence-electron chi connectivity index (χ3n) is 17.0. The Morgan fingerprint density at radius 2 is 1.17 bits per heavy atom. The second kappa shape index (κ2) is 55.2. The molecule has 95 heavy (non-hydrogen) atoms. The minimum Gasteiger partial charge on any atom is -0.470 e. The second-order valence-electron chi connectivity index (χ2n) is 26.0. The summed E-state index contributed by atoms with van der Waals surface area (Å²) in [5, 5.41) is 108. The standard InChI is InChI=1S/C13H27O3P.C12H27O3P.C7H11BO3.C7H11BO2S.C6H8BNO2.C6H14BNO2.C6H13BO3.C6H13BO2S/c1-2-3-4-8-11-13(17(14,15)16)12-9-6-5-7-10-12;1-3-5-7-9-11-12(16(13,14)15)10-8-6-4-2;2*1-2-3-6-4-5-7(11-6)8(9)10;1-5-2-3-8-6(4-5)7(9)10;1-5-6(7(9)10)3-2-4-8-5;2*1-5-2-6(7(8)9)4-10-3-5/h12-13H,2-11H2,1H3,(H2,14,15,16);12H,3-11H2,1-2H3,(H2,13,14,15);2*4-5,9-10H,2-3H2,1H3;2-4,9-10H,1H3;5-6,8-10H,2-4H2,1H3;2*5-6,8-9H,2-4H2,1H3. The number of piperidine rings is 1. The monoisotopic (exact) mass is 1420 g/mol. The van der Waals surface area contributed by atoms with Gasteiger partial charge in [-0.2, -0.15) is 11.8 Å². The fraction of sp³-hybridized carbons (Fsp3) is 0.794. The number of nitrogens with zero attached hydrogens (tertiary/aromatic N) is 1. The van der Waals surface area contributed by atoms with Crippen molar-refractivity contribution in [2.24, 2.45) is 17.8 Å². The molecular formula is C63H124B6N2O20P2S2. The summed E-state index contributed by atoms with van der Waals surface area (Å²) in [6.45, 7) is 20.9. The number of thioether (sulfide) groups is 1. The van der Waals surface area contributed by atoms with Gasteiger partial charge in [0.15, 0.2) is 0 Å². The molecule has 3 aromatic heterocycles. The van der Waals surface area contributed by atoms with E-state index in [4.69, 9.17) is 69.4 Å². The third kappa shape index (κ3) is 46.0. The first-order valence-corrected chi connectivity index (χ1v) is 40.5. The molecule has 0 aromatic carbocycles.